The number of esters is 1. The van der Waals surface area contributed by atoms with Gasteiger partial charge in [0.25, 0.3) is 0 Å². The molecule has 15 heavy (non-hydrogen) atoms. The zero-order valence-electron chi connectivity index (χ0n) is 8.19. The zero-order chi connectivity index (χ0) is 10.8. The maximum Gasteiger partial charge on any atom is 0.337 e. The van der Waals surface area contributed by atoms with E-state index in [0.29, 0.717) is 23.4 Å². The molecule has 0 aliphatic carbocycles. The van der Waals surface area contributed by atoms with Crippen LogP contribution < -0.4 is 5.73 Å². The molecule has 2 rings (SSSR count). The molecule has 0 unspecified atom stereocenters. The highest BCUT2D eigenvalue weighted by Crippen LogP contribution is 2.19. The summed E-state index contributed by atoms with van der Waals surface area (Å²) in [6, 6.07) is 5.00. The predicted octanol–water partition coefficient (Wildman–Crippen LogP) is 1.07. The third-order valence-corrected chi connectivity index (χ3v) is 2.16. The van der Waals surface area contributed by atoms with Crippen LogP contribution in [0, 0.1) is 0 Å². The van der Waals surface area contributed by atoms with Crippen molar-refractivity contribution >= 4 is 16.9 Å². The first-order chi connectivity index (χ1) is 7.26. The third-order valence-electron chi connectivity index (χ3n) is 2.16. The molecular formula is C10H10N2O3. The fraction of sp³-hybridized carbons (Fsp3) is 0.200. The molecule has 0 saturated carbocycles. The van der Waals surface area contributed by atoms with Crippen molar-refractivity contribution in [1.82, 2.24) is 5.16 Å². The van der Waals surface area contributed by atoms with Crippen LogP contribution in [0.3, 0.4) is 0 Å². The number of methoxy groups -OCH3 is 1. The van der Waals surface area contributed by atoms with Crippen molar-refractivity contribution in [3.63, 3.8) is 0 Å². The van der Waals surface area contributed by atoms with Crippen LogP contribution in [-0.2, 0) is 11.3 Å². The van der Waals surface area contributed by atoms with Crippen molar-refractivity contribution in [2.75, 3.05) is 7.11 Å². The largest absolute Gasteiger partial charge is 0.465 e. The second kappa shape index (κ2) is 3.70. The first-order valence-corrected chi connectivity index (χ1v) is 4.43. The van der Waals surface area contributed by atoms with E-state index in [0.717, 1.165) is 5.39 Å². The number of hydrogen-bond donors (Lipinski definition) is 1. The molecule has 2 N–H and O–H groups in total. The van der Waals surface area contributed by atoms with Crippen molar-refractivity contribution in [2.24, 2.45) is 5.73 Å². The lowest BCUT2D eigenvalue weighted by Crippen LogP contribution is -2.00. The summed E-state index contributed by atoms with van der Waals surface area (Å²) in [6.07, 6.45) is 0. The van der Waals surface area contributed by atoms with Crippen molar-refractivity contribution in [3.8, 4) is 0 Å². The number of nitrogens with two attached hydrogens (primary N) is 1. The molecule has 0 radical (unpaired) electrons. The Hall–Kier alpha value is -1.88. The molecule has 5 nitrogen and oxygen atoms in total. The molecular weight excluding hydrogens is 196 g/mol. The predicted molar refractivity (Wildman–Crippen MR) is 53.2 cm³/mol. The molecule has 2 aromatic rings. The van der Waals surface area contributed by atoms with E-state index in [1.54, 1.807) is 18.2 Å². The second-order valence-electron chi connectivity index (χ2n) is 3.04. The number of benzene rings is 1. The Morgan fingerprint density at radius 2 is 2.40 bits per heavy atom. The SMILES string of the molecule is COC(=O)c1ccc2c(CN)noc2c1. The van der Waals surface area contributed by atoms with Gasteiger partial charge in [0.1, 0.15) is 5.69 Å². The normalized spacial score (nSPS) is 10.5. The van der Waals surface area contributed by atoms with Crippen LogP contribution in [0.2, 0.25) is 0 Å². The molecule has 0 atom stereocenters. The third kappa shape index (κ3) is 1.57. The van der Waals surface area contributed by atoms with Gasteiger partial charge in [-0.1, -0.05) is 5.16 Å². The monoisotopic (exact) mass is 206 g/mol. The Kier molecular flexibility index (Phi) is 2.39. The zero-order valence-corrected chi connectivity index (χ0v) is 8.19. The van der Waals surface area contributed by atoms with Gasteiger partial charge < -0.3 is 15.0 Å². The first kappa shape index (κ1) is 9.67. The second-order valence-corrected chi connectivity index (χ2v) is 3.04. The number of carbonyl (C=O) groups is 1. The summed E-state index contributed by atoms with van der Waals surface area (Å²) < 4.78 is 9.63. The molecule has 0 fully saturated rings. The summed E-state index contributed by atoms with van der Waals surface area (Å²) in [4.78, 5) is 11.2. The smallest absolute Gasteiger partial charge is 0.337 e. The van der Waals surface area contributed by atoms with Crippen molar-refractivity contribution in [3.05, 3.63) is 29.5 Å². The van der Waals surface area contributed by atoms with E-state index in [-0.39, 0.29) is 0 Å². The molecule has 0 aliphatic rings. The molecule has 5 heteroatoms. The molecule has 0 bridgehead atoms. The molecule has 0 aliphatic heterocycles. The van der Waals surface area contributed by atoms with Crippen LogP contribution in [0.25, 0.3) is 11.0 Å². The van der Waals surface area contributed by atoms with Gasteiger partial charge in [-0.3, -0.25) is 0 Å². The van der Waals surface area contributed by atoms with E-state index >= 15 is 0 Å². The summed E-state index contributed by atoms with van der Waals surface area (Å²) in [6.45, 7) is 0.310. The molecule has 1 aromatic carbocycles. The summed E-state index contributed by atoms with van der Waals surface area (Å²) >= 11 is 0. The van der Waals surface area contributed by atoms with Crippen LogP contribution in [0.4, 0.5) is 0 Å². The lowest BCUT2D eigenvalue weighted by molar-refractivity contribution is 0.0601. The van der Waals surface area contributed by atoms with Crippen LogP contribution in [0.15, 0.2) is 22.7 Å². The van der Waals surface area contributed by atoms with Gasteiger partial charge in [0.05, 0.1) is 12.7 Å². The Bertz CT molecular complexity index is 504. The summed E-state index contributed by atoms with van der Waals surface area (Å²) in [7, 11) is 1.33. The minimum atomic E-state index is -0.400. The van der Waals surface area contributed by atoms with Crippen LogP contribution in [-0.4, -0.2) is 18.2 Å². The number of ether oxygens (including phenoxy) is 1. The fourth-order valence-corrected chi connectivity index (χ4v) is 1.38. The number of nitrogens with zero attached hydrogens (tertiary/aromatic N) is 1. The molecule has 0 saturated heterocycles. The van der Waals surface area contributed by atoms with Gasteiger partial charge in [-0.05, 0) is 18.2 Å². The van der Waals surface area contributed by atoms with E-state index in [1.165, 1.54) is 7.11 Å². The lowest BCUT2D eigenvalue weighted by Gasteiger charge is -1.97. The van der Waals surface area contributed by atoms with Crippen LogP contribution in [0.5, 0.6) is 0 Å². The lowest BCUT2D eigenvalue weighted by atomic mass is 10.1. The highest BCUT2D eigenvalue weighted by molar-refractivity contribution is 5.94. The summed E-state index contributed by atoms with van der Waals surface area (Å²) in [5.74, 6) is -0.400. The van der Waals surface area contributed by atoms with E-state index in [1.807, 2.05) is 0 Å². The number of fused-ring (bicyclic) bond motifs is 1. The highest BCUT2D eigenvalue weighted by Gasteiger charge is 2.11. The Balaban J connectivity index is 2.53. The average molecular weight is 206 g/mol. The highest BCUT2D eigenvalue weighted by atomic mass is 16.5. The summed E-state index contributed by atoms with van der Waals surface area (Å²) in [5, 5.41) is 4.61. The minimum absolute atomic E-state index is 0.310. The maximum atomic E-state index is 11.2. The number of carbonyl (C=O) groups excluding carboxylic acids is 1. The van der Waals surface area contributed by atoms with Gasteiger partial charge in [0.15, 0.2) is 5.58 Å². The van der Waals surface area contributed by atoms with Gasteiger partial charge in [-0.15, -0.1) is 0 Å². The Morgan fingerprint density at radius 3 is 3.07 bits per heavy atom. The van der Waals surface area contributed by atoms with E-state index in [9.17, 15) is 4.79 Å². The van der Waals surface area contributed by atoms with Gasteiger partial charge in [0, 0.05) is 11.9 Å². The van der Waals surface area contributed by atoms with Gasteiger partial charge >= 0.3 is 5.97 Å². The van der Waals surface area contributed by atoms with Crippen LogP contribution in [0.1, 0.15) is 16.1 Å². The molecule has 0 spiro atoms. The van der Waals surface area contributed by atoms with Crippen LogP contribution >= 0.6 is 0 Å². The van der Waals surface area contributed by atoms with E-state index < -0.39 is 5.97 Å². The standard InChI is InChI=1S/C10H10N2O3/c1-14-10(13)6-2-3-7-8(5-11)12-15-9(7)4-6/h2-4H,5,11H2,1H3. The van der Waals surface area contributed by atoms with E-state index in [4.69, 9.17) is 10.3 Å². The van der Waals surface area contributed by atoms with E-state index in [2.05, 4.69) is 9.89 Å². The molecule has 78 valence electrons. The fourth-order valence-electron chi connectivity index (χ4n) is 1.38. The quantitative estimate of drug-likeness (QED) is 0.743. The molecule has 1 aromatic heterocycles. The van der Waals surface area contributed by atoms with Crippen molar-refractivity contribution < 1.29 is 14.1 Å². The number of hydrogen-bond acceptors (Lipinski definition) is 5. The molecule has 1 heterocycles. The van der Waals surface area contributed by atoms with Crippen molar-refractivity contribution in [2.45, 2.75) is 6.54 Å². The van der Waals surface area contributed by atoms with Gasteiger partial charge in [0.2, 0.25) is 0 Å². The Labute approximate surface area is 85.8 Å². The van der Waals surface area contributed by atoms with Gasteiger partial charge in [-0.2, -0.15) is 0 Å². The molecule has 0 amide bonds. The minimum Gasteiger partial charge on any atom is -0.465 e. The maximum absolute atomic E-state index is 11.2. The number of aromatic nitrogens is 1. The number of rotatable bonds is 2. The Morgan fingerprint density at radius 1 is 1.60 bits per heavy atom. The van der Waals surface area contributed by atoms with Gasteiger partial charge in [-0.25, -0.2) is 4.79 Å². The summed E-state index contributed by atoms with van der Waals surface area (Å²) in [5.41, 5.74) is 7.13. The first-order valence-electron chi connectivity index (χ1n) is 4.43. The van der Waals surface area contributed by atoms with Crippen molar-refractivity contribution in [1.29, 1.82) is 0 Å². The topological polar surface area (TPSA) is 78.4 Å². The average Bonchev–Trinajstić information content (AvgIpc) is 2.69.